The second-order valence-electron chi connectivity index (χ2n) is 4.18. The SMILES string of the molecule is C=C(C)c1ccccc1.C=Cc1ccccc1C=C. The van der Waals surface area contributed by atoms with Crippen LogP contribution in [-0.2, 0) is 0 Å². The van der Waals surface area contributed by atoms with Crippen molar-refractivity contribution >= 4 is 17.7 Å². The molecule has 0 amide bonds. The lowest BCUT2D eigenvalue weighted by atomic mass is 10.1. The van der Waals surface area contributed by atoms with Crippen molar-refractivity contribution in [3.8, 4) is 0 Å². The Morgan fingerprint density at radius 1 is 0.789 bits per heavy atom. The molecule has 0 unspecified atom stereocenters. The minimum absolute atomic E-state index is 1.12. The molecule has 0 fully saturated rings. The molecule has 0 atom stereocenters. The lowest BCUT2D eigenvalue weighted by Crippen LogP contribution is -1.76. The molecule has 0 N–H and O–H groups in total. The van der Waals surface area contributed by atoms with Crippen molar-refractivity contribution in [3.63, 3.8) is 0 Å². The third-order valence-electron chi connectivity index (χ3n) is 2.70. The van der Waals surface area contributed by atoms with Crippen molar-refractivity contribution in [2.75, 3.05) is 0 Å². The molecule has 0 saturated heterocycles. The zero-order valence-corrected chi connectivity index (χ0v) is 11.5. The standard InChI is InChI=1S/C10H10.C9H10/c1-3-9-7-5-6-8-10(9)4-2;1-8(2)9-6-4-3-5-7-9/h3-8H,1-2H2;3-7H,1H2,2H3. The van der Waals surface area contributed by atoms with Gasteiger partial charge in [0.2, 0.25) is 0 Å². The first-order chi connectivity index (χ1) is 9.19. The molecule has 0 aliphatic heterocycles. The monoisotopic (exact) mass is 248 g/mol. The quantitative estimate of drug-likeness (QED) is 0.654. The summed E-state index contributed by atoms with van der Waals surface area (Å²) in [7, 11) is 0. The van der Waals surface area contributed by atoms with Gasteiger partial charge in [-0.1, -0.05) is 92.1 Å². The van der Waals surface area contributed by atoms with Crippen LogP contribution in [0.15, 0.2) is 74.3 Å². The van der Waals surface area contributed by atoms with E-state index in [4.69, 9.17) is 0 Å². The van der Waals surface area contributed by atoms with E-state index in [1.54, 1.807) is 0 Å². The van der Waals surface area contributed by atoms with Gasteiger partial charge in [-0.15, -0.1) is 0 Å². The summed E-state index contributed by atoms with van der Waals surface area (Å²) in [5.41, 5.74) is 4.61. The van der Waals surface area contributed by atoms with Crippen LogP contribution in [0.2, 0.25) is 0 Å². The first-order valence-electron chi connectivity index (χ1n) is 6.24. The molecule has 0 heterocycles. The summed E-state index contributed by atoms with van der Waals surface area (Å²) in [5, 5.41) is 0. The molecule has 0 saturated carbocycles. The Balaban J connectivity index is 0.000000191. The summed E-state index contributed by atoms with van der Waals surface area (Å²) in [6.07, 6.45) is 3.66. The fraction of sp³-hybridized carbons (Fsp3) is 0.0526. The van der Waals surface area contributed by atoms with E-state index >= 15 is 0 Å². The second kappa shape index (κ2) is 7.88. The average Bonchev–Trinajstić information content (AvgIpc) is 2.48. The maximum atomic E-state index is 3.83. The number of allylic oxidation sites excluding steroid dienone is 1. The molecule has 0 radical (unpaired) electrons. The van der Waals surface area contributed by atoms with E-state index in [1.165, 1.54) is 5.56 Å². The van der Waals surface area contributed by atoms with Crippen LogP contribution in [0.25, 0.3) is 17.7 Å². The van der Waals surface area contributed by atoms with Crippen LogP contribution in [0.4, 0.5) is 0 Å². The van der Waals surface area contributed by atoms with E-state index in [-0.39, 0.29) is 0 Å². The molecule has 2 aromatic carbocycles. The predicted octanol–water partition coefficient (Wildman–Crippen LogP) is 5.69. The smallest absolute Gasteiger partial charge is 0.0190 e. The lowest BCUT2D eigenvalue weighted by Gasteiger charge is -1.96. The van der Waals surface area contributed by atoms with Crippen LogP contribution in [0.5, 0.6) is 0 Å². The van der Waals surface area contributed by atoms with Gasteiger partial charge in [-0.25, -0.2) is 0 Å². The van der Waals surface area contributed by atoms with E-state index < -0.39 is 0 Å². The maximum absolute atomic E-state index is 3.83. The molecule has 0 heteroatoms. The van der Waals surface area contributed by atoms with E-state index in [2.05, 4.69) is 31.9 Å². The number of hydrogen-bond donors (Lipinski definition) is 0. The third-order valence-corrected chi connectivity index (χ3v) is 2.70. The van der Waals surface area contributed by atoms with Gasteiger partial charge in [0.1, 0.15) is 0 Å². The number of hydrogen-bond acceptors (Lipinski definition) is 0. The van der Waals surface area contributed by atoms with Crippen LogP contribution in [-0.4, -0.2) is 0 Å². The Bertz CT molecular complexity index is 520. The molecule has 0 nitrogen and oxygen atoms in total. The molecule has 0 spiro atoms. The number of rotatable bonds is 3. The summed E-state index contributed by atoms with van der Waals surface area (Å²) in [6.45, 7) is 13.2. The highest BCUT2D eigenvalue weighted by Crippen LogP contribution is 2.10. The van der Waals surface area contributed by atoms with Crippen molar-refractivity contribution in [1.82, 2.24) is 0 Å². The first kappa shape index (κ1) is 14.7. The highest BCUT2D eigenvalue weighted by molar-refractivity contribution is 5.63. The van der Waals surface area contributed by atoms with Gasteiger partial charge in [0.15, 0.2) is 0 Å². The molecule has 0 aliphatic rings. The zero-order valence-electron chi connectivity index (χ0n) is 11.5. The summed E-state index contributed by atoms with van der Waals surface area (Å²) in [5.74, 6) is 0. The molecule has 0 bridgehead atoms. The molecule has 2 rings (SSSR count). The van der Waals surface area contributed by atoms with E-state index in [1.807, 2.05) is 61.5 Å². The van der Waals surface area contributed by atoms with Gasteiger partial charge >= 0.3 is 0 Å². The highest BCUT2D eigenvalue weighted by atomic mass is 13.9. The van der Waals surface area contributed by atoms with E-state index in [0.29, 0.717) is 0 Å². The highest BCUT2D eigenvalue weighted by Gasteiger charge is 1.89. The predicted molar refractivity (Wildman–Crippen MR) is 87.8 cm³/mol. The van der Waals surface area contributed by atoms with Gasteiger partial charge in [-0.2, -0.15) is 0 Å². The van der Waals surface area contributed by atoms with E-state index in [9.17, 15) is 0 Å². The van der Waals surface area contributed by atoms with Crippen molar-refractivity contribution in [2.24, 2.45) is 0 Å². The molecule has 0 aromatic heterocycles. The van der Waals surface area contributed by atoms with E-state index in [0.717, 1.165) is 16.7 Å². The second-order valence-corrected chi connectivity index (χ2v) is 4.18. The largest absolute Gasteiger partial charge is 0.0984 e. The molecule has 2 aromatic rings. The average molecular weight is 248 g/mol. The summed E-state index contributed by atoms with van der Waals surface area (Å²) in [6, 6.07) is 18.2. The third kappa shape index (κ3) is 4.81. The summed E-state index contributed by atoms with van der Waals surface area (Å²) >= 11 is 0. The van der Waals surface area contributed by atoms with Gasteiger partial charge in [-0.05, 0) is 23.6 Å². The molecular formula is C19H20. The van der Waals surface area contributed by atoms with Gasteiger partial charge < -0.3 is 0 Å². The van der Waals surface area contributed by atoms with Crippen LogP contribution >= 0.6 is 0 Å². The normalized spacial score (nSPS) is 8.89. The molecule has 19 heavy (non-hydrogen) atoms. The summed E-state index contributed by atoms with van der Waals surface area (Å²) in [4.78, 5) is 0. The fourth-order valence-electron chi connectivity index (χ4n) is 1.61. The Labute approximate surface area is 116 Å². The van der Waals surface area contributed by atoms with Crippen molar-refractivity contribution in [3.05, 3.63) is 91.0 Å². The summed E-state index contributed by atoms with van der Waals surface area (Å²) < 4.78 is 0. The van der Waals surface area contributed by atoms with Crippen molar-refractivity contribution in [1.29, 1.82) is 0 Å². The van der Waals surface area contributed by atoms with Crippen LogP contribution in [0, 0.1) is 0 Å². The lowest BCUT2D eigenvalue weighted by molar-refractivity contribution is 1.58. The van der Waals surface area contributed by atoms with Crippen LogP contribution < -0.4 is 0 Å². The minimum atomic E-state index is 1.12. The van der Waals surface area contributed by atoms with Crippen LogP contribution in [0.3, 0.4) is 0 Å². The molecule has 96 valence electrons. The number of benzene rings is 2. The Kier molecular flexibility index (Phi) is 6.11. The van der Waals surface area contributed by atoms with Crippen molar-refractivity contribution < 1.29 is 0 Å². The first-order valence-corrected chi connectivity index (χ1v) is 6.24. The van der Waals surface area contributed by atoms with Gasteiger partial charge in [-0.3, -0.25) is 0 Å². The molecular weight excluding hydrogens is 228 g/mol. The Morgan fingerprint density at radius 2 is 1.21 bits per heavy atom. The Morgan fingerprint density at radius 3 is 1.53 bits per heavy atom. The zero-order chi connectivity index (χ0) is 14.1. The Hall–Kier alpha value is -2.34. The van der Waals surface area contributed by atoms with Gasteiger partial charge in [0, 0.05) is 0 Å². The molecule has 0 aliphatic carbocycles. The maximum Gasteiger partial charge on any atom is -0.0190 e. The van der Waals surface area contributed by atoms with Gasteiger partial charge in [0.25, 0.3) is 0 Å². The van der Waals surface area contributed by atoms with Crippen molar-refractivity contribution in [2.45, 2.75) is 6.92 Å². The van der Waals surface area contributed by atoms with Gasteiger partial charge in [0.05, 0.1) is 0 Å². The fourth-order valence-corrected chi connectivity index (χ4v) is 1.61. The minimum Gasteiger partial charge on any atom is -0.0984 e. The van der Waals surface area contributed by atoms with Crippen LogP contribution in [0.1, 0.15) is 23.6 Å². The topological polar surface area (TPSA) is 0 Å².